The third-order valence-electron chi connectivity index (χ3n) is 1.18. The van der Waals surface area contributed by atoms with Gasteiger partial charge in [-0.3, -0.25) is 0 Å². The van der Waals surface area contributed by atoms with E-state index in [1.54, 1.807) is 6.92 Å². The van der Waals surface area contributed by atoms with E-state index in [9.17, 15) is 0 Å². The third kappa shape index (κ3) is 56.9. The lowest BCUT2D eigenvalue weighted by Gasteiger charge is -1.94. The predicted molar refractivity (Wildman–Crippen MR) is 62.9 cm³/mol. The van der Waals surface area contributed by atoms with Crippen molar-refractivity contribution in [2.75, 3.05) is 33.0 Å². The van der Waals surface area contributed by atoms with E-state index in [-0.39, 0.29) is 19.8 Å². The van der Waals surface area contributed by atoms with Crippen LogP contribution in [0.4, 0.5) is 0 Å². The fourth-order valence-electron chi connectivity index (χ4n) is 0.585. The first kappa shape index (κ1) is 20.3. The van der Waals surface area contributed by atoms with Gasteiger partial charge in [0.15, 0.2) is 0 Å². The highest BCUT2D eigenvalue weighted by Gasteiger charge is 1.79. The molecule has 0 amide bonds. The summed E-state index contributed by atoms with van der Waals surface area (Å²) in [5.41, 5.74) is 0. The number of aliphatic hydroxyl groups is 3. The van der Waals surface area contributed by atoms with Crippen molar-refractivity contribution in [3.8, 4) is 0 Å². The Hall–Kier alpha value is -0.160. The maximum absolute atomic E-state index is 8.09. The number of rotatable bonds is 6. The lowest BCUT2D eigenvalue weighted by molar-refractivity contribution is 0.0650. The van der Waals surface area contributed by atoms with Gasteiger partial charge in [-0.25, -0.2) is 0 Å². The van der Waals surface area contributed by atoms with Gasteiger partial charge in [0.1, 0.15) is 0 Å². The summed E-state index contributed by atoms with van der Waals surface area (Å²) in [5.74, 6) is 0. The van der Waals surface area contributed by atoms with Crippen LogP contribution in [0.5, 0.6) is 0 Å². The Morgan fingerprint density at radius 3 is 1.27 bits per heavy atom. The molecule has 0 aromatic rings. The Kier molecular flexibility index (Phi) is 39.5. The quantitative estimate of drug-likeness (QED) is 0.593. The second-order valence-corrected chi connectivity index (χ2v) is 2.73. The van der Waals surface area contributed by atoms with Gasteiger partial charge in [0.25, 0.3) is 0 Å². The molecule has 0 aromatic carbocycles. The number of ether oxygens (including phenoxy) is 1. The molecule has 0 spiro atoms. The first-order valence-corrected chi connectivity index (χ1v) is 5.65. The fourth-order valence-corrected chi connectivity index (χ4v) is 0.585. The fraction of sp³-hybridized carbons (Fsp3) is 1.00. The first-order valence-electron chi connectivity index (χ1n) is 5.65. The predicted octanol–water partition coefficient (Wildman–Crippen LogP) is 1.18. The van der Waals surface area contributed by atoms with E-state index >= 15 is 0 Å². The molecule has 3 N–H and O–H groups in total. The molecule has 0 aliphatic heterocycles. The molecule has 15 heavy (non-hydrogen) atoms. The maximum Gasteiger partial charge on any atom is 0.0698 e. The first-order chi connectivity index (χ1) is 7.24. The molecule has 0 aliphatic carbocycles. The molecule has 4 heteroatoms. The van der Waals surface area contributed by atoms with Crippen LogP contribution in [0.15, 0.2) is 0 Å². The minimum atomic E-state index is 0.0278. The number of unbranched alkanes of at least 4 members (excludes halogenated alkanes) is 2. The van der Waals surface area contributed by atoms with E-state index in [2.05, 4.69) is 18.6 Å². The number of hydrogen-bond donors (Lipinski definition) is 3. The van der Waals surface area contributed by atoms with Crippen LogP contribution in [0.1, 0.15) is 40.0 Å². The van der Waals surface area contributed by atoms with Crippen molar-refractivity contribution >= 4 is 0 Å². The molecule has 4 nitrogen and oxygen atoms in total. The molecule has 0 aromatic heterocycles. The minimum absolute atomic E-state index is 0.0278. The zero-order valence-corrected chi connectivity index (χ0v) is 10.4. The summed E-state index contributed by atoms with van der Waals surface area (Å²) in [4.78, 5) is 0. The van der Waals surface area contributed by atoms with Crippen LogP contribution < -0.4 is 0 Å². The molecule has 0 heterocycles. The minimum Gasteiger partial charge on any atom is -0.397 e. The average Bonchev–Trinajstić information content (AvgIpc) is 2.22. The molecule has 0 bridgehead atoms. The summed E-state index contributed by atoms with van der Waals surface area (Å²) in [5, 5.41) is 23.7. The zero-order chi connectivity index (χ0) is 12.4. The molecule has 0 aliphatic rings. The van der Waals surface area contributed by atoms with Crippen molar-refractivity contribution in [1.29, 1.82) is 0 Å². The van der Waals surface area contributed by atoms with Crippen molar-refractivity contribution in [2.24, 2.45) is 0 Å². The Bertz CT molecular complexity index is 63.6. The second-order valence-electron chi connectivity index (χ2n) is 2.73. The lowest BCUT2D eigenvalue weighted by Crippen LogP contribution is -2.03. The van der Waals surface area contributed by atoms with Crippen molar-refractivity contribution in [2.45, 2.75) is 40.0 Å². The Morgan fingerprint density at radius 1 is 0.800 bits per heavy atom. The van der Waals surface area contributed by atoms with E-state index in [0.29, 0.717) is 13.2 Å². The highest BCUT2D eigenvalue weighted by Crippen LogP contribution is 1.88. The van der Waals surface area contributed by atoms with E-state index in [4.69, 9.17) is 15.3 Å². The summed E-state index contributed by atoms with van der Waals surface area (Å²) in [6, 6.07) is 0. The van der Waals surface area contributed by atoms with Gasteiger partial charge in [0, 0.05) is 6.61 Å². The van der Waals surface area contributed by atoms with Crippen molar-refractivity contribution in [1.82, 2.24) is 0 Å². The third-order valence-corrected chi connectivity index (χ3v) is 1.18. The van der Waals surface area contributed by atoms with Gasteiger partial charge in [-0.15, -0.1) is 0 Å². The maximum atomic E-state index is 8.09. The highest BCUT2D eigenvalue weighted by atomic mass is 16.5. The van der Waals surface area contributed by atoms with Crippen molar-refractivity contribution < 1.29 is 20.1 Å². The van der Waals surface area contributed by atoms with Gasteiger partial charge in [-0.05, 0) is 6.92 Å². The van der Waals surface area contributed by atoms with Crippen LogP contribution in [-0.2, 0) is 4.74 Å². The van der Waals surface area contributed by atoms with Crippen molar-refractivity contribution in [3.63, 3.8) is 0 Å². The van der Waals surface area contributed by atoms with Gasteiger partial charge in [-0.1, -0.05) is 33.1 Å². The van der Waals surface area contributed by atoms with Crippen LogP contribution in [0, 0.1) is 0 Å². The molecule has 0 saturated carbocycles. The number of hydrogen-bond acceptors (Lipinski definition) is 4. The molecule has 96 valence electrons. The van der Waals surface area contributed by atoms with E-state index in [1.165, 1.54) is 19.3 Å². The SMILES string of the molecule is CCCCC.CCO.OCCOCCO. The average molecular weight is 224 g/mol. The summed E-state index contributed by atoms with van der Waals surface area (Å²) in [6.07, 6.45) is 4.08. The van der Waals surface area contributed by atoms with E-state index in [1.807, 2.05) is 0 Å². The summed E-state index contributed by atoms with van der Waals surface area (Å²) in [7, 11) is 0. The standard InChI is InChI=1S/C5H12.C4H10O3.C2H6O/c1-3-5-4-2;5-1-3-7-4-2-6;1-2-3/h3-5H2,1-2H3;5-6H,1-4H2;3H,2H2,1H3. The topological polar surface area (TPSA) is 69.9 Å². The molecular weight excluding hydrogens is 196 g/mol. The Labute approximate surface area is 93.9 Å². The van der Waals surface area contributed by atoms with Crippen LogP contribution in [0.25, 0.3) is 0 Å². The smallest absolute Gasteiger partial charge is 0.0698 e. The summed E-state index contributed by atoms with van der Waals surface area (Å²) in [6.45, 7) is 7.05. The summed E-state index contributed by atoms with van der Waals surface area (Å²) >= 11 is 0. The molecule has 0 saturated heterocycles. The van der Waals surface area contributed by atoms with E-state index in [0.717, 1.165) is 0 Å². The largest absolute Gasteiger partial charge is 0.397 e. The van der Waals surface area contributed by atoms with Gasteiger partial charge in [0.2, 0.25) is 0 Å². The molecule has 0 unspecified atom stereocenters. The lowest BCUT2D eigenvalue weighted by atomic mass is 10.3. The second kappa shape index (κ2) is 29.2. The number of aliphatic hydroxyl groups excluding tert-OH is 3. The van der Waals surface area contributed by atoms with Gasteiger partial charge in [-0.2, -0.15) is 0 Å². The van der Waals surface area contributed by atoms with Gasteiger partial charge < -0.3 is 20.1 Å². The zero-order valence-electron chi connectivity index (χ0n) is 10.4. The Morgan fingerprint density at radius 2 is 1.13 bits per heavy atom. The van der Waals surface area contributed by atoms with Crippen LogP contribution >= 0.6 is 0 Å². The molecular formula is C11H28O4. The van der Waals surface area contributed by atoms with Gasteiger partial charge >= 0.3 is 0 Å². The summed E-state index contributed by atoms with van der Waals surface area (Å²) < 4.78 is 4.63. The molecule has 0 rings (SSSR count). The molecule has 0 atom stereocenters. The van der Waals surface area contributed by atoms with Crippen LogP contribution in [0.3, 0.4) is 0 Å². The highest BCUT2D eigenvalue weighted by molar-refractivity contribution is 4.24. The normalized spacial score (nSPS) is 8.40. The monoisotopic (exact) mass is 224 g/mol. The van der Waals surface area contributed by atoms with Crippen molar-refractivity contribution in [3.05, 3.63) is 0 Å². The molecule has 0 fully saturated rings. The Balaban J connectivity index is -0.000000158. The van der Waals surface area contributed by atoms with Crippen LogP contribution in [0.2, 0.25) is 0 Å². The van der Waals surface area contributed by atoms with Gasteiger partial charge in [0.05, 0.1) is 26.4 Å². The van der Waals surface area contributed by atoms with Crippen LogP contribution in [-0.4, -0.2) is 48.4 Å². The van der Waals surface area contributed by atoms with E-state index < -0.39 is 0 Å². The molecule has 0 radical (unpaired) electrons.